The van der Waals surface area contributed by atoms with Crippen molar-refractivity contribution in [1.82, 2.24) is 9.97 Å². The van der Waals surface area contributed by atoms with E-state index in [4.69, 9.17) is 0 Å². The minimum absolute atomic E-state index is 0.0703. The fraction of sp³-hybridized carbons (Fsp3) is 0.231. The maximum atomic E-state index is 12.5. The molecule has 0 radical (unpaired) electrons. The molecule has 100 valence electrons. The first kappa shape index (κ1) is 13.3. The summed E-state index contributed by atoms with van der Waals surface area (Å²) in [6, 6.07) is 8.20. The zero-order valence-electron chi connectivity index (χ0n) is 10.2. The van der Waals surface area contributed by atoms with Gasteiger partial charge in [0, 0.05) is 11.9 Å². The second-order valence-electron chi connectivity index (χ2n) is 3.94. The van der Waals surface area contributed by atoms with Crippen LogP contribution in [0.15, 0.2) is 36.5 Å². The van der Waals surface area contributed by atoms with Gasteiger partial charge in [-0.2, -0.15) is 13.2 Å². The highest BCUT2D eigenvalue weighted by atomic mass is 19.4. The Morgan fingerprint density at radius 1 is 1.11 bits per heavy atom. The van der Waals surface area contributed by atoms with Crippen LogP contribution in [0.2, 0.25) is 0 Å². The molecule has 1 heterocycles. The number of anilines is 2. The van der Waals surface area contributed by atoms with Gasteiger partial charge in [-0.3, -0.25) is 0 Å². The summed E-state index contributed by atoms with van der Waals surface area (Å²) >= 11 is 0. The molecule has 2 aromatic rings. The Hall–Kier alpha value is -2.11. The van der Waals surface area contributed by atoms with Gasteiger partial charge < -0.3 is 5.32 Å². The van der Waals surface area contributed by atoms with Crippen LogP contribution in [0.1, 0.15) is 18.2 Å². The third-order valence-corrected chi connectivity index (χ3v) is 2.56. The third kappa shape index (κ3) is 3.43. The molecule has 19 heavy (non-hydrogen) atoms. The molecule has 2 rings (SSSR count). The summed E-state index contributed by atoms with van der Waals surface area (Å²) < 4.78 is 37.5. The van der Waals surface area contributed by atoms with Crippen LogP contribution in [0.5, 0.6) is 0 Å². The van der Waals surface area contributed by atoms with E-state index < -0.39 is 11.9 Å². The van der Waals surface area contributed by atoms with Gasteiger partial charge in [-0.05, 0) is 30.2 Å². The summed E-state index contributed by atoms with van der Waals surface area (Å²) in [6.07, 6.45) is -2.48. The van der Waals surface area contributed by atoms with Crippen molar-refractivity contribution in [2.24, 2.45) is 0 Å². The van der Waals surface area contributed by atoms with Gasteiger partial charge in [0.1, 0.15) is 5.69 Å². The lowest BCUT2D eigenvalue weighted by atomic mass is 10.1. The molecule has 3 nitrogen and oxygen atoms in total. The molecule has 0 saturated carbocycles. The first-order valence-electron chi connectivity index (χ1n) is 5.75. The zero-order valence-corrected chi connectivity index (χ0v) is 10.2. The molecule has 6 heteroatoms. The normalized spacial score (nSPS) is 11.4. The molecule has 0 unspecified atom stereocenters. The van der Waals surface area contributed by atoms with E-state index in [1.807, 2.05) is 19.1 Å². The van der Waals surface area contributed by atoms with Crippen molar-refractivity contribution in [1.29, 1.82) is 0 Å². The van der Waals surface area contributed by atoms with Gasteiger partial charge in [0.25, 0.3) is 0 Å². The van der Waals surface area contributed by atoms with Crippen LogP contribution in [0, 0.1) is 0 Å². The maximum absolute atomic E-state index is 12.5. The minimum atomic E-state index is -4.47. The summed E-state index contributed by atoms with van der Waals surface area (Å²) in [7, 11) is 0. The quantitative estimate of drug-likeness (QED) is 0.919. The fourth-order valence-electron chi connectivity index (χ4n) is 1.53. The average Bonchev–Trinajstić information content (AvgIpc) is 2.39. The van der Waals surface area contributed by atoms with Crippen molar-refractivity contribution >= 4 is 11.6 Å². The molecule has 0 aliphatic rings. The van der Waals surface area contributed by atoms with Crippen LogP contribution in [0.25, 0.3) is 0 Å². The number of aryl methyl sites for hydroxylation is 1. The Kier molecular flexibility index (Phi) is 3.69. The second kappa shape index (κ2) is 5.26. The molecule has 1 aromatic heterocycles. The molecule has 0 saturated heterocycles. The first-order valence-corrected chi connectivity index (χ1v) is 5.75. The molecular weight excluding hydrogens is 255 g/mol. The van der Waals surface area contributed by atoms with Crippen LogP contribution in [-0.4, -0.2) is 9.97 Å². The Labute approximate surface area is 108 Å². The molecule has 1 aromatic carbocycles. The monoisotopic (exact) mass is 267 g/mol. The molecule has 1 N–H and O–H groups in total. The minimum Gasteiger partial charge on any atom is -0.324 e. The van der Waals surface area contributed by atoms with Gasteiger partial charge in [-0.25, -0.2) is 9.97 Å². The summed E-state index contributed by atoms with van der Waals surface area (Å²) in [5.74, 6) is -0.0703. The SMILES string of the molecule is CCc1ccc(Nc2nccc(C(F)(F)F)n2)cc1. The lowest BCUT2D eigenvalue weighted by Gasteiger charge is -2.08. The van der Waals surface area contributed by atoms with Crippen LogP contribution >= 0.6 is 0 Å². The lowest BCUT2D eigenvalue weighted by Crippen LogP contribution is -2.10. The molecule has 0 aliphatic heterocycles. The summed E-state index contributed by atoms with van der Waals surface area (Å²) in [6.45, 7) is 2.03. The van der Waals surface area contributed by atoms with Gasteiger partial charge in [0.15, 0.2) is 0 Å². The smallest absolute Gasteiger partial charge is 0.324 e. The lowest BCUT2D eigenvalue weighted by molar-refractivity contribution is -0.141. The van der Waals surface area contributed by atoms with Crippen molar-refractivity contribution in [3.05, 3.63) is 47.8 Å². The Balaban J connectivity index is 2.18. The zero-order chi connectivity index (χ0) is 13.9. The van der Waals surface area contributed by atoms with E-state index in [1.165, 1.54) is 0 Å². The largest absolute Gasteiger partial charge is 0.433 e. The van der Waals surface area contributed by atoms with Gasteiger partial charge in [-0.1, -0.05) is 19.1 Å². The Morgan fingerprint density at radius 3 is 2.37 bits per heavy atom. The van der Waals surface area contributed by atoms with Crippen LogP contribution in [0.3, 0.4) is 0 Å². The maximum Gasteiger partial charge on any atom is 0.433 e. The standard InChI is InChI=1S/C13H12F3N3/c1-2-9-3-5-10(6-4-9)18-12-17-8-7-11(19-12)13(14,15)16/h3-8H,2H2,1H3,(H,17,18,19). The summed E-state index contributed by atoms with van der Waals surface area (Å²) in [5, 5.41) is 2.75. The van der Waals surface area contributed by atoms with Crippen molar-refractivity contribution in [3.63, 3.8) is 0 Å². The highest BCUT2D eigenvalue weighted by Crippen LogP contribution is 2.28. The molecule has 0 bridgehead atoms. The predicted molar refractivity (Wildman–Crippen MR) is 66.1 cm³/mol. The molecule has 0 spiro atoms. The fourth-order valence-corrected chi connectivity index (χ4v) is 1.53. The number of rotatable bonds is 3. The van der Waals surface area contributed by atoms with E-state index in [2.05, 4.69) is 15.3 Å². The number of hydrogen-bond acceptors (Lipinski definition) is 3. The molecular formula is C13H12F3N3. The number of aromatic nitrogens is 2. The number of alkyl halides is 3. The van der Waals surface area contributed by atoms with Crippen LogP contribution in [-0.2, 0) is 12.6 Å². The molecule has 0 atom stereocenters. The van der Waals surface area contributed by atoms with Gasteiger partial charge in [0.2, 0.25) is 5.95 Å². The predicted octanol–water partition coefficient (Wildman–Crippen LogP) is 3.80. The molecule has 0 fully saturated rings. The van der Waals surface area contributed by atoms with Crippen LogP contribution < -0.4 is 5.32 Å². The van der Waals surface area contributed by atoms with E-state index in [1.54, 1.807) is 12.1 Å². The van der Waals surface area contributed by atoms with E-state index >= 15 is 0 Å². The highest BCUT2D eigenvalue weighted by molar-refractivity contribution is 5.53. The number of benzene rings is 1. The number of hydrogen-bond donors (Lipinski definition) is 1. The van der Waals surface area contributed by atoms with Crippen molar-refractivity contribution in [2.75, 3.05) is 5.32 Å². The number of nitrogens with one attached hydrogen (secondary N) is 1. The molecule has 0 aliphatic carbocycles. The number of nitrogens with zero attached hydrogens (tertiary/aromatic N) is 2. The van der Waals surface area contributed by atoms with Gasteiger partial charge in [-0.15, -0.1) is 0 Å². The van der Waals surface area contributed by atoms with Crippen molar-refractivity contribution in [3.8, 4) is 0 Å². The summed E-state index contributed by atoms with van der Waals surface area (Å²) in [5.41, 5.74) is 0.835. The van der Waals surface area contributed by atoms with Crippen LogP contribution in [0.4, 0.5) is 24.8 Å². The van der Waals surface area contributed by atoms with E-state index in [0.717, 1.165) is 24.2 Å². The first-order chi connectivity index (χ1) is 8.99. The molecule has 0 amide bonds. The Bertz CT molecular complexity index is 550. The van der Waals surface area contributed by atoms with E-state index in [-0.39, 0.29) is 5.95 Å². The topological polar surface area (TPSA) is 37.8 Å². The summed E-state index contributed by atoms with van der Waals surface area (Å²) in [4.78, 5) is 7.20. The van der Waals surface area contributed by atoms with Crippen molar-refractivity contribution in [2.45, 2.75) is 19.5 Å². The van der Waals surface area contributed by atoms with E-state index in [0.29, 0.717) is 5.69 Å². The van der Waals surface area contributed by atoms with Gasteiger partial charge in [0.05, 0.1) is 0 Å². The highest BCUT2D eigenvalue weighted by Gasteiger charge is 2.32. The number of halogens is 3. The average molecular weight is 267 g/mol. The van der Waals surface area contributed by atoms with Gasteiger partial charge >= 0.3 is 6.18 Å². The van der Waals surface area contributed by atoms with Crippen molar-refractivity contribution < 1.29 is 13.2 Å². The van der Waals surface area contributed by atoms with E-state index in [9.17, 15) is 13.2 Å². The third-order valence-electron chi connectivity index (χ3n) is 2.56. The Morgan fingerprint density at radius 2 is 1.79 bits per heavy atom. The second-order valence-corrected chi connectivity index (χ2v) is 3.94.